The summed E-state index contributed by atoms with van der Waals surface area (Å²) in [6.07, 6.45) is 1.46. The number of hydrogen-bond donors (Lipinski definition) is 1. The van der Waals surface area contributed by atoms with Gasteiger partial charge in [-0.25, -0.2) is 8.78 Å². The predicted octanol–water partition coefficient (Wildman–Crippen LogP) is 5.84. The van der Waals surface area contributed by atoms with E-state index in [0.717, 1.165) is 16.7 Å². The lowest BCUT2D eigenvalue weighted by Crippen LogP contribution is -2.51. The van der Waals surface area contributed by atoms with Crippen LogP contribution >= 0.6 is 0 Å². The van der Waals surface area contributed by atoms with E-state index in [2.05, 4.69) is 5.32 Å². The van der Waals surface area contributed by atoms with Crippen LogP contribution in [0.1, 0.15) is 42.9 Å². The molecule has 4 nitrogen and oxygen atoms in total. The Morgan fingerprint density at radius 3 is 2.00 bits per heavy atom. The van der Waals surface area contributed by atoms with Crippen LogP contribution in [0.25, 0.3) is 0 Å². The second-order valence-electron chi connectivity index (χ2n) is 9.57. The lowest BCUT2D eigenvalue weighted by Gasteiger charge is -2.41. The Morgan fingerprint density at radius 1 is 0.914 bits per heavy atom. The molecule has 6 heteroatoms. The molecule has 0 aliphatic carbocycles. The summed E-state index contributed by atoms with van der Waals surface area (Å²) in [6.45, 7) is 4.42. The maximum atomic E-state index is 13.6. The van der Waals surface area contributed by atoms with Crippen molar-refractivity contribution in [3.63, 3.8) is 0 Å². The standard InChI is InChI=1S/C29H31F2NO3/c1-19(2)35-27-14-22(8-13-26(27)34-3)23-17-29(28(33)32-18-23,15-20-4-9-24(30)10-5-20)16-21-6-11-25(31)12-7-21/h4-14,19,23H,15-18H2,1-3H3,(H,32,33)/t23-/m1/s1. The second-order valence-corrected chi connectivity index (χ2v) is 9.57. The highest BCUT2D eigenvalue weighted by Gasteiger charge is 2.44. The van der Waals surface area contributed by atoms with E-state index in [-0.39, 0.29) is 29.6 Å². The summed E-state index contributed by atoms with van der Waals surface area (Å²) in [5.41, 5.74) is 2.02. The first-order valence-electron chi connectivity index (χ1n) is 11.9. The highest BCUT2D eigenvalue weighted by Crippen LogP contribution is 2.43. The Bertz CT molecular complexity index is 1110. The lowest BCUT2D eigenvalue weighted by molar-refractivity contribution is -0.134. The number of nitrogens with one attached hydrogen (secondary N) is 1. The molecule has 1 fully saturated rings. The monoisotopic (exact) mass is 479 g/mol. The van der Waals surface area contributed by atoms with Crippen molar-refractivity contribution in [3.8, 4) is 11.5 Å². The molecular formula is C29H31F2NO3. The molecule has 3 aromatic carbocycles. The summed E-state index contributed by atoms with van der Waals surface area (Å²) in [5.74, 6) is 0.681. The highest BCUT2D eigenvalue weighted by molar-refractivity contribution is 5.84. The average Bonchev–Trinajstić information content (AvgIpc) is 2.83. The van der Waals surface area contributed by atoms with E-state index < -0.39 is 5.41 Å². The molecule has 0 unspecified atom stereocenters. The Morgan fingerprint density at radius 2 is 1.49 bits per heavy atom. The third-order valence-electron chi connectivity index (χ3n) is 6.56. The molecule has 35 heavy (non-hydrogen) atoms. The third-order valence-corrected chi connectivity index (χ3v) is 6.56. The number of piperidine rings is 1. The Balaban J connectivity index is 1.70. The zero-order valence-corrected chi connectivity index (χ0v) is 20.3. The summed E-state index contributed by atoms with van der Waals surface area (Å²) in [5, 5.41) is 3.11. The Kier molecular flexibility index (Phi) is 7.39. The van der Waals surface area contributed by atoms with E-state index >= 15 is 0 Å². The van der Waals surface area contributed by atoms with Gasteiger partial charge in [0, 0.05) is 12.5 Å². The smallest absolute Gasteiger partial charge is 0.226 e. The van der Waals surface area contributed by atoms with Crippen LogP contribution in [-0.4, -0.2) is 25.7 Å². The SMILES string of the molecule is COc1ccc([C@H]2CNC(=O)C(Cc3ccc(F)cc3)(Cc3ccc(F)cc3)C2)cc1OC(C)C. The fourth-order valence-corrected chi connectivity index (χ4v) is 4.92. The quantitative estimate of drug-likeness (QED) is 0.442. The first-order chi connectivity index (χ1) is 16.8. The van der Waals surface area contributed by atoms with Crippen LogP contribution in [0, 0.1) is 17.0 Å². The first kappa shape index (κ1) is 24.7. The van der Waals surface area contributed by atoms with Gasteiger partial charge in [0.05, 0.1) is 18.6 Å². The first-order valence-corrected chi connectivity index (χ1v) is 11.9. The number of amides is 1. The fraction of sp³-hybridized carbons (Fsp3) is 0.345. The van der Waals surface area contributed by atoms with E-state index in [0.29, 0.717) is 37.3 Å². The number of halogens is 2. The number of rotatable bonds is 8. The van der Waals surface area contributed by atoms with Gasteiger partial charge >= 0.3 is 0 Å². The van der Waals surface area contributed by atoms with Crippen molar-refractivity contribution in [1.29, 1.82) is 0 Å². The fourth-order valence-electron chi connectivity index (χ4n) is 4.92. The van der Waals surface area contributed by atoms with E-state index in [1.165, 1.54) is 24.3 Å². The van der Waals surface area contributed by atoms with Gasteiger partial charge in [0.2, 0.25) is 5.91 Å². The Hall–Kier alpha value is -3.41. The molecule has 1 aliphatic rings. The molecule has 1 saturated heterocycles. The molecule has 184 valence electrons. The largest absolute Gasteiger partial charge is 0.493 e. The molecule has 1 amide bonds. The summed E-state index contributed by atoms with van der Waals surface area (Å²) >= 11 is 0. The molecule has 1 aliphatic heterocycles. The number of hydrogen-bond acceptors (Lipinski definition) is 3. The molecule has 3 aromatic rings. The van der Waals surface area contributed by atoms with Crippen LogP contribution in [0.2, 0.25) is 0 Å². The van der Waals surface area contributed by atoms with Crippen molar-refractivity contribution >= 4 is 5.91 Å². The van der Waals surface area contributed by atoms with Crippen LogP contribution in [0.4, 0.5) is 8.78 Å². The van der Waals surface area contributed by atoms with E-state index in [1.54, 1.807) is 31.4 Å². The van der Waals surface area contributed by atoms with E-state index in [9.17, 15) is 13.6 Å². The van der Waals surface area contributed by atoms with Crippen molar-refractivity contribution in [2.75, 3.05) is 13.7 Å². The van der Waals surface area contributed by atoms with Gasteiger partial charge in [0.15, 0.2) is 11.5 Å². The third kappa shape index (κ3) is 5.81. The second kappa shape index (κ2) is 10.5. The van der Waals surface area contributed by atoms with Crippen molar-refractivity contribution in [2.45, 2.75) is 45.1 Å². The van der Waals surface area contributed by atoms with Gasteiger partial charge in [0.25, 0.3) is 0 Å². The molecule has 1 N–H and O–H groups in total. The molecule has 4 rings (SSSR count). The predicted molar refractivity (Wildman–Crippen MR) is 132 cm³/mol. The van der Waals surface area contributed by atoms with Gasteiger partial charge in [-0.05, 0) is 86.2 Å². The average molecular weight is 480 g/mol. The highest BCUT2D eigenvalue weighted by atomic mass is 19.1. The van der Waals surface area contributed by atoms with Crippen molar-refractivity contribution in [2.24, 2.45) is 5.41 Å². The maximum Gasteiger partial charge on any atom is 0.226 e. The molecule has 0 radical (unpaired) electrons. The van der Waals surface area contributed by atoms with Crippen LogP contribution in [0.5, 0.6) is 11.5 Å². The number of methoxy groups -OCH3 is 1. The van der Waals surface area contributed by atoms with Crippen molar-refractivity contribution in [1.82, 2.24) is 5.32 Å². The molecule has 1 atom stereocenters. The topological polar surface area (TPSA) is 47.6 Å². The zero-order chi connectivity index (χ0) is 25.0. The minimum Gasteiger partial charge on any atom is -0.493 e. The maximum absolute atomic E-state index is 13.6. The van der Waals surface area contributed by atoms with Crippen LogP contribution in [0.15, 0.2) is 66.7 Å². The summed E-state index contributed by atoms with van der Waals surface area (Å²) in [7, 11) is 1.61. The summed E-state index contributed by atoms with van der Waals surface area (Å²) in [6, 6.07) is 18.4. The number of carbonyl (C=O) groups is 1. The number of carbonyl (C=O) groups excluding carboxylic acids is 1. The number of ether oxygens (including phenoxy) is 2. The van der Waals surface area contributed by atoms with Crippen LogP contribution in [-0.2, 0) is 17.6 Å². The van der Waals surface area contributed by atoms with Crippen molar-refractivity contribution < 1.29 is 23.0 Å². The van der Waals surface area contributed by atoms with Crippen LogP contribution in [0.3, 0.4) is 0 Å². The van der Waals surface area contributed by atoms with Gasteiger partial charge in [0.1, 0.15) is 11.6 Å². The van der Waals surface area contributed by atoms with Gasteiger partial charge in [-0.1, -0.05) is 30.3 Å². The van der Waals surface area contributed by atoms with E-state index in [1.807, 2.05) is 32.0 Å². The Labute approximate surface area is 205 Å². The molecule has 0 bridgehead atoms. The minimum absolute atomic E-state index is 0.0127. The van der Waals surface area contributed by atoms with Gasteiger partial charge in [-0.3, -0.25) is 4.79 Å². The van der Waals surface area contributed by atoms with Gasteiger partial charge < -0.3 is 14.8 Å². The lowest BCUT2D eigenvalue weighted by atomic mass is 9.67. The van der Waals surface area contributed by atoms with E-state index in [4.69, 9.17) is 9.47 Å². The molecule has 0 aromatic heterocycles. The summed E-state index contributed by atoms with van der Waals surface area (Å²) in [4.78, 5) is 13.4. The molecule has 1 heterocycles. The normalized spacial score (nSPS) is 17.2. The van der Waals surface area contributed by atoms with Gasteiger partial charge in [-0.15, -0.1) is 0 Å². The molecule has 0 saturated carbocycles. The molecule has 0 spiro atoms. The van der Waals surface area contributed by atoms with Crippen LogP contribution < -0.4 is 14.8 Å². The number of benzene rings is 3. The minimum atomic E-state index is -0.780. The zero-order valence-electron chi connectivity index (χ0n) is 20.3. The van der Waals surface area contributed by atoms with Crippen molar-refractivity contribution in [3.05, 3.63) is 95.1 Å². The van der Waals surface area contributed by atoms with Gasteiger partial charge in [-0.2, -0.15) is 0 Å². The summed E-state index contributed by atoms with van der Waals surface area (Å²) < 4.78 is 38.6. The molecular weight excluding hydrogens is 448 g/mol.